The molecule has 0 saturated carbocycles. The van der Waals surface area contributed by atoms with Crippen LogP contribution in [0.5, 0.6) is 0 Å². The average molecular weight is 331 g/mol. The zero-order chi connectivity index (χ0) is 17.2. The van der Waals surface area contributed by atoms with Gasteiger partial charge in [-0.3, -0.25) is 9.59 Å². The van der Waals surface area contributed by atoms with Gasteiger partial charge in [-0.25, -0.2) is 10.1 Å². The van der Waals surface area contributed by atoms with Crippen LogP contribution in [-0.2, 0) is 0 Å². The van der Waals surface area contributed by atoms with Crippen LogP contribution in [0.3, 0.4) is 0 Å². The highest BCUT2D eigenvalue weighted by molar-refractivity contribution is 6.04. The number of aromatic nitrogens is 4. The van der Waals surface area contributed by atoms with E-state index >= 15 is 0 Å². The SMILES string of the molecule is O=C(Nc1ccccc1-c1cn2ccccc2n1)c1ccc(=O)[nH]n1. The summed E-state index contributed by atoms with van der Waals surface area (Å²) in [5.74, 6) is -0.410. The van der Waals surface area contributed by atoms with E-state index in [1.54, 1.807) is 6.07 Å². The number of carbonyl (C=O) groups excluding carboxylic acids is 1. The van der Waals surface area contributed by atoms with Gasteiger partial charge in [0.2, 0.25) is 0 Å². The Morgan fingerprint density at radius 2 is 1.88 bits per heavy atom. The van der Waals surface area contributed by atoms with Gasteiger partial charge in [0.25, 0.3) is 11.5 Å². The topological polar surface area (TPSA) is 92.2 Å². The first kappa shape index (κ1) is 14.8. The molecule has 1 aromatic carbocycles. The fourth-order valence-electron chi connectivity index (χ4n) is 2.54. The van der Waals surface area contributed by atoms with Gasteiger partial charge in [-0.05, 0) is 24.3 Å². The van der Waals surface area contributed by atoms with Gasteiger partial charge >= 0.3 is 0 Å². The maximum atomic E-state index is 12.4. The van der Waals surface area contributed by atoms with Crippen LogP contribution in [0.1, 0.15) is 10.5 Å². The van der Waals surface area contributed by atoms with Gasteiger partial charge < -0.3 is 9.72 Å². The average Bonchev–Trinajstić information content (AvgIpc) is 3.06. The maximum absolute atomic E-state index is 12.4. The number of anilines is 1. The van der Waals surface area contributed by atoms with Gasteiger partial charge in [-0.15, -0.1) is 0 Å². The van der Waals surface area contributed by atoms with Crippen LogP contribution in [-0.4, -0.2) is 25.5 Å². The number of hydrogen-bond acceptors (Lipinski definition) is 4. The van der Waals surface area contributed by atoms with Crippen molar-refractivity contribution >= 4 is 17.2 Å². The lowest BCUT2D eigenvalue weighted by atomic mass is 10.1. The zero-order valence-corrected chi connectivity index (χ0v) is 13.0. The van der Waals surface area contributed by atoms with Gasteiger partial charge in [-0.1, -0.05) is 24.3 Å². The van der Waals surface area contributed by atoms with Crippen molar-refractivity contribution in [3.63, 3.8) is 0 Å². The van der Waals surface area contributed by atoms with E-state index < -0.39 is 5.91 Å². The minimum atomic E-state index is -0.410. The molecule has 7 heteroatoms. The number of benzene rings is 1. The summed E-state index contributed by atoms with van der Waals surface area (Å²) in [7, 11) is 0. The standard InChI is InChI=1S/C18H13N5O2/c24-17-9-8-14(21-22-17)18(25)20-13-6-2-1-5-12(13)15-11-23-10-4-3-7-16(23)19-15/h1-11H,(H,20,25)(H,22,24). The van der Waals surface area contributed by atoms with Crippen molar-refractivity contribution in [3.05, 3.63) is 83.0 Å². The Balaban J connectivity index is 1.70. The molecule has 3 aromatic heterocycles. The Morgan fingerprint density at radius 3 is 2.68 bits per heavy atom. The molecule has 0 unspecified atom stereocenters. The Morgan fingerprint density at radius 1 is 1.04 bits per heavy atom. The van der Waals surface area contributed by atoms with Crippen molar-refractivity contribution in [1.29, 1.82) is 0 Å². The largest absolute Gasteiger partial charge is 0.320 e. The second-order valence-corrected chi connectivity index (χ2v) is 5.40. The van der Waals surface area contributed by atoms with Gasteiger partial charge in [0.1, 0.15) is 11.3 Å². The summed E-state index contributed by atoms with van der Waals surface area (Å²) < 4.78 is 1.91. The predicted octanol–water partition coefficient (Wildman–Crippen LogP) is 2.34. The summed E-state index contributed by atoms with van der Waals surface area (Å²) in [5, 5.41) is 8.81. The van der Waals surface area contributed by atoms with Crippen LogP contribution >= 0.6 is 0 Å². The Hall–Kier alpha value is -3.74. The summed E-state index contributed by atoms with van der Waals surface area (Å²) in [6.45, 7) is 0. The third kappa shape index (κ3) is 2.90. The second kappa shape index (κ2) is 6.04. The number of hydrogen-bond donors (Lipinski definition) is 2. The van der Waals surface area contributed by atoms with Crippen molar-refractivity contribution in [2.24, 2.45) is 0 Å². The van der Waals surface area contributed by atoms with Crippen LogP contribution in [0.2, 0.25) is 0 Å². The lowest BCUT2D eigenvalue weighted by molar-refractivity contribution is 0.102. The third-order valence-electron chi connectivity index (χ3n) is 3.73. The van der Waals surface area contributed by atoms with Crippen molar-refractivity contribution in [2.75, 3.05) is 5.32 Å². The predicted molar refractivity (Wildman–Crippen MR) is 93.4 cm³/mol. The van der Waals surface area contributed by atoms with E-state index in [1.165, 1.54) is 12.1 Å². The fourth-order valence-corrected chi connectivity index (χ4v) is 2.54. The minimum absolute atomic E-state index is 0.129. The number of amides is 1. The molecular weight excluding hydrogens is 318 g/mol. The summed E-state index contributed by atoms with van der Waals surface area (Å²) in [5.41, 5.74) is 2.75. The van der Waals surface area contributed by atoms with E-state index in [4.69, 9.17) is 0 Å². The number of fused-ring (bicyclic) bond motifs is 1. The van der Waals surface area contributed by atoms with Gasteiger partial charge in [0, 0.05) is 24.0 Å². The van der Waals surface area contributed by atoms with Crippen molar-refractivity contribution < 1.29 is 4.79 Å². The van der Waals surface area contributed by atoms with Crippen molar-refractivity contribution in [3.8, 4) is 11.3 Å². The monoisotopic (exact) mass is 331 g/mol. The number of carbonyl (C=O) groups is 1. The maximum Gasteiger partial charge on any atom is 0.276 e. The van der Waals surface area contributed by atoms with Crippen LogP contribution in [0.15, 0.2) is 71.8 Å². The molecule has 0 bridgehead atoms. The lowest BCUT2D eigenvalue weighted by Crippen LogP contribution is -2.17. The Bertz CT molecular complexity index is 1080. The molecule has 2 N–H and O–H groups in total. The van der Waals surface area contributed by atoms with E-state index in [0.29, 0.717) is 5.69 Å². The lowest BCUT2D eigenvalue weighted by Gasteiger charge is -2.08. The summed E-state index contributed by atoms with van der Waals surface area (Å²) in [6.07, 6.45) is 3.82. The van der Waals surface area contributed by atoms with E-state index in [9.17, 15) is 9.59 Å². The number of para-hydroxylation sites is 1. The first-order chi connectivity index (χ1) is 12.2. The zero-order valence-electron chi connectivity index (χ0n) is 13.0. The van der Waals surface area contributed by atoms with Gasteiger partial charge in [0.15, 0.2) is 0 Å². The molecule has 0 radical (unpaired) electrons. The highest BCUT2D eigenvalue weighted by Crippen LogP contribution is 2.27. The van der Waals surface area contributed by atoms with E-state index in [-0.39, 0.29) is 11.3 Å². The van der Waals surface area contributed by atoms with Crippen LogP contribution in [0, 0.1) is 0 Å². The molecule has 0 atom stereocenters. The first-order valence-corrected chi connectivity index (χ1v) is 7.61. The van der Waals surface area contributed by atoms with Crippen LogP contribution in [0.4, 0.5) is 5.69 Å². The van der Waals surface area contributed by atoms with Crippen molar-refractivity contribution in [1.82, 2.24) is 19.6 Å². The number of rotatable bonds is 3. The van der Waals surface area contributed by atoms with Gasteiger partial charge in [0.05, 0.1) is 11.4 Å². The third-order valence-corrected chi connectivity index (χ3v) is 3.73. The van der Waals surface area contributed by atoms with Crippen LogP contribution < -0.4 is 10.9 Å². The number of nitrogens with zero attached hydrogens (tertiary/aromatic N) is 3. The number of H-pyrrole nitrogens is 1. The molecule has 25 heavy (non-hydrogen) atoms. The number of nitrogens with one attached hydrogen (secondary N) is 2. The molecule has 7 nitrogen and oxygen atoms in total. The van der Waals surface area contributed by atoms with E-state index in [2.05, 4.69) is 20.5 Å². The molecule has 0 spiro atoms. The van der Waals surface area contributed by atoms with E-state index in [0.717, 1.165) is 16.9 Å². The molecule has 1 amide bonds. The molecule has 0 fully saturated rings. The fraction of sp³-hybridized carbons (Fsp3) is 0. The van der Waals surface area contributed by atoms with Crippen LogP contribution in [0.25, 0.3) is 16.9 Å². The molecular formula is C18H13N5O2. The summed E-state index contributed by atoms with van der Waals surface area (Å²) in [6, 6.07) is 15.8. The molecule has 3 heterocycles. The Labute approximate surface area is 142 Å². The molecule has 0 aliphatic heterocycles. The highest BCUT2D eigenvalue weighted by atomic mass is 16.2. The van der Waals surface area contributed by atoms with E-state index in [1.807, 2.05) is 53.2 Å². The quantitative estimate of drug-likeness (QED) is 0.603. The summed E-state index contributed by atoms with van der Waals surface area (Å²) >= 11 is 0. The molecule has 122 valence electrons. The number of imidazole rings is 1. The molecule has 4 aromatic rings. The molecule has 4 rings (SSSR count). The molecule has 0 saturated heterocycles. The highest BCUT2D eigenvalue weighted by Gasteiger charge is 2.13. The smallest absolute Gasteiger partial charge is 0.276 e. The molecule has 0 aliphatic rings. The Kier molecular flexibility index (Phi) is 3.59. The number of pyridine rings is 1. The molecule has 0 aliphatic carbocycles. The first-order valence-electron chi connectivity index (χ1n) is 7.61. The minimum Gasteiger partial charge on any atom is -0.320 e. The van der Waals surface area contributed by atoms with Gasteiger partial charge in [-0.2, -0.15) is 5.10 Å². The second-order valence-electron chi connectivity index (χ2n) is 5.40. The van der Waals surface area contributed by atoms with Crippen molar-refractivity contribution in [2.45, 2.75) is 0 Å². The summed E-state index contributed by atoms with van der Waals surface area (Å²) in [4.78, 5) is 28.0. The number of aromatic amines is 1. The normalized spacial score (nSPS) is 10.7.